The predicted molar refractivity (Wildman–Crippen MR) is 116 cm³/mol. The third-order valence-electron chi connectivity index (χ3n) is 4.30. The number of benzene rings is 2. The van der Waals surface area contributed by atoms with Crippen molar-refractivity contribution < 1.29 is 13.9 Å². The number of thiazole rings is 1. The molecule has 0 aliphatic heterocycles. The summed E-state index contributed by atoms with van der Waals surface area (Å²) in [5, 5.41) is 6.55. The van der Waals surface area contributed by atoms with E-state index < -0.39 is 5.63 Å². The van der Waals surface area contributed by atoms with Crippen LogP contribution in [0.1, 0.15) is 13.3 Å². The number of methoxy groups -OCH3 is 1. The Morgan fingerprint density at radius 2 is 2.00 bits per heavy atom. The second-order valence-electron chi connectivity index (χ2n) is 6.36. The van der Waals surface area contributed by atoms with E-state index in [0.717, 1.165) is 23.2 Å². The van der Waals surface area contributed by atoms with Gasteiger partial charge in [0.15, 0.2) is 16.5 Å². The molecule has 4 aromatic rings. The van der Waals surface area contributed by atoms with Gasteiger partial charge in [0.05, 0.1) is 25.0 Å². The number of rotatable bonds is 7. The summed E-state index contributed by atoms with van der Waals surface area (Å²) in [6.07, 6.45) is 0.970. The van der Waals surface area contributed by atoms with E-state index in [9.17, 15) is 4.79 Å². The van der Waals surface area contributed by atoms with E-state index in [1.807, 2.05) is 41.8 Å². The van der Waals surface area contributed by atoms with Crippen LogP contribution in [0.3, 0.4) is 0 Å². The van der Waals surface area contributed by atoms with Crippen LogP contribution in [0.15, 0.2) is 63.1 Å². The van der Waals surface area contributed by atoms with Gasteiger partial charge in [-0.05, 0) is 42.8 Å². The van der Waals surface area contributed by atoms with E-state index in [2.05, 4.69) is 17.2 Å². The van der Waals surface area contributed by atoms with Crippen molar-refractivity contribution in [1.82, 2.24) is 4.98 Å². The van der Waals surface area contributed by atoms with Crippen LogP contribution >= 0.6 is 11.3 Å². The van der Waals surface area contributed by atoms with Crippen LogP contribution in [0.2, 0.25) is 0 Å². The van der Waals surface area contributed by atoms with Gasteiger partial charge in [-0.2, -0.15) is 0 Å². The van der Waals surface area contributed by atoms with Gasteiger partial charge in [-0.3, -0.25) is 0 Å². The minimum absolute atomic E-state index is 0.415. The molecule has 6 nitrogen and oxygen atoms in total. The first-order valence-corrected chi connectivity index (χ1v) is 10.1. The number of aromatic nitrogens is 1. The van der Waals surface area contributed by atoms with Crippen LogP contribution in [0.5, 0.6) is 11.5 Å². The van der Waals surface area contributed by atoms with Crippen LogP contribution in [0.25, 0.3) is 22.2 Å². The van der Waals surface area contributed by atoms with Gasteiger partial charge in [0, 0.05) is 16.5 Å². The third kappa shape index (κ3) is 4.09. The van der Waals surface area contributed by atoms with Crippen molar-refractivity contribution in [1.29, 1.82) is 0 Å². The zero-order valence-electron chi connectivity index (χ0n) is 16.1. The zero-order chi connectivity index (χ0) is 20.2. The molecule has 0 radical (unpaired) electrons. The minimum Gasteiger partial charge on any atom is -0.494 e. The average Bonchev–Trinajstić information content (AvgIpc) is 3.20. The minimum atomic E-state index is -0.448. The molecule has 0 saturated carbocycles. The average molecular weight is 408 g/mol. The van der Waals surface area contributed by atoms with Gasteiger partial charge in [0.2, 0.25) is 0 Å². The third-order valence-corrected chi connectivity index (χ3v) is 5.06. The summed E-state index contributed by atoms with van der Waals surface area (Å²) in [7, 11) is 1.55. The molecule has 0 aliphatic rings. The Hall–Kier alpha value is -3.32. The SMILES string of the molecule is CCCOc1ccc(Nc2nc(-c3cc4cccc(OC)c4oc3=O)cs2)cc1. The molecule has 0 fully saturated rings. The standard InChI is InChI=1S/C22H20N2O4S/c1-3-11-27-16-9-7-15(8-10-16)23-22-24-18(13-29-22)17-12-14-5-4-6-19(26-2)20(14)28-21(17)25/h4-10,12-13H,3,11H2,1-2H3,(H,23,24). The summed E-state index contributed by atoms with van der Waals surface area (Å²) in [5.74, 6) is 1.36. The van der Waals surface area contributed by atoms with Crippen LogP contribution in [-0.2, 0) is 0 Å². The molecule has 0 atom stereocenters. The number of para-hydroxylation sites is 1. The first kappa shape index (κ1) is 19.0. The highest BCUT2D eigenvalue weighted by Gasteiger charge is 2.14. The molecule has 2 heterocycles. The van der Waals surface area contributed by atoms with Crippen LogP contribution in [0.4, 0.5) is 10.8 Å². The Bertz CT molecular complexity index is 1180. The largest absolute Gasteiger partial charge is 0.494 e. The van der Waals surface area contributed by atoms with Gasteiger partial charge >= 0.3 is 5.63 Å². The van der Waals surface area contributed by atoms with E-state index in [0.29, 0.717) is 34.3 Å². The second kappa shape index (κ2) is 8.36. The number of nitrogens with one attached hydrogen (secondary N) is 1. The second-order valence-corrected chi connectivity index (χ2v) is 7.22. The van der Waals surface area contributed by atoms with Gasteiger partial charge in [-0.15, -0.1) is 11.3 Å². The molecular weight excluding hydrogens is 388 g/mol. The molecule has 0 aliphatic carbocycles. The fraction of sp³-hybridized carbons (Fsp3) is 0.182. The summed E-state index contributed by atoms with van der Waals surface area (Å²) in [4.78, 5) is 17.0. The van der Waals surface area contributed by atoms with E-state index in [1.54, 1.807) is 19.2 Å². The van der Waals surface area contributed by atoms with Gasteiger partial charge < -0.3 is 19.2 Å². The maximum atomic E-state index is 12.5. The first-order chi connectivity index (χ1) is 14.2. The number of nitrogens with zero attached hydrogens (tertiary/aromatic N) is 1. The predicted octanol–water partition coefficient (Wildman–Crippen LogP) is 5.46. The lowest BCUT2D eigenvalue weighted by molar-refractivity contribution is 0.317. The Morgan fingerprint density at radius 3 is 2.76 bits per heavy atom. The number of ether oxygens (including phenoxy) is 2. The molecule has 2 aromatic carbocycles. The van der Waals surface area contributed by atoms with E-state index >= 15 is 0 Å². The van der Waals surface area contributed by atoms with Crippen molar-refractivity contribution in [2.24, 2.45) is 0 Å². The summed E-state index contributed by atoms with van der Waals surface area (Å²) < 4.78 is 16.3. The molecule has 2 aromatic heterocycles. The van der Waals surface area contributed by atoms with Crippen LogP contribution < -0.4 is 20.4 Å². The fourth-order valence-electron chi connectivity index (χ4n) is 2.89. The Morgan fingerprint density at radius 1 is 1.17 bits per heavy atom. The maximum absolute atomic E-state index is 12.5. The summed E-state index contributed by atoms with van der Waals surface area (Å²) in [5.41, 5.74) is 1.86. The van der Waals surface area contributed by atoms with E-state index in [4.69, 9.17) is 13.9 Å². The molecule has 0 spiro atoms. The lowest BCUT2D eigenvalue weighted by Crippen LogP contribution is -2.03. The lowest BCUT2D eigenvalue weighted by atomic mass is 10.1. The van der Waals surface area contributed by atoms with Crippen molar-refractivity contribution >= 4 is 33.1 Å². The van der Waals surface area contributed by atoms with Gasteiger partial charge in [0.25, 0.3) is 0 Å². The zero-order valence-corrected chi connectivity index (χ0v) is 16.9. The Kier molecular flexibility index (Phi) is 5.48. The smallest absolute Gasteiger partial charge is 0.345 e. The molecule has 29 heavy (non-hydrogen) atoms. The van der Waals surface area contributed by atoms with Crippen molar-refractivity contribution in [2.45, 2.75) is 13.3 Å². The highest BCUT2D eigenvalue weighted by Crippen LogP contribution is 2.30. The van der Waals surface area contributed by atoms with E-state index in [-0.39, 0.29) is 0 Å². The van der Waals surface area contributed by atoms with Crippen LogP contribution in [-0.4, -0.2) is 18.7 Å². The molecule has 7 heteroatoms. The molecule has 0 amide bonds. The quantitative estimate of drug-likeness (QED) is 0.410. The van der Waals surface area contributed by atoms with Crippen molar-refractivity contribution in [3.63, 3.8) is 0 Å². The number of hydrogen-bond donors (Lipinski definition) is 1. The normalized spacial score (nSPS) is 10.8. The summed E-state index contributed by atoms with van der Waals surface area (Å²) in [6.45, 7) is 2.77. The monoisotopic (exact) mass is 408 g/mol. The maximum Gasteiger partial charge on any atom is 0.345 e. The van der Waals surface area contributed by atoms with Gasteiger partial charge in [-0.25, -0.2) is 9.78 Å². The summed E-state index contributed by atoms with van der Waals surface area (Å²) in [6, 6.07) is 15.0. The topological polar surface area (TPSA) is 73.6 Å². The van der Waals surface area contributed by atoms with E-state index in [1.165, 1.54) is 11.3 Å². The van der Waals surface area contributed by atoms with Gasteiger partial charge in [0.1, 0.15) is 5.75 Å². The number of anilines is 2. The molecular formula is C22H20N2O4S. The lowest BCUT2D eigenvalue weighted by Gasteiger charge is -2.06. The highest BCUT2D eigenvalue weighted by atomic mass is 32.1. The number of fused-ring (bicyclic) bond motifs is 1. The van der Waals surface area contributed by atoms with Crippen molar-refractivity contribution in [3.8, 4) is 22.8 Å². The van der Waals surface area contributed by atoms with Crippen molar-refractivity contribution in [3.05, 3.63) is 64.3 Å². The fourth-order valence-corrected chi connectivity index (χ4v) is 3.62. The van der Waals surface area contributed by atoms with Gasteiger partial charge in [-0.1, -0.05) is 19.1 Å². The number of hydrogen-bond acceptors (Lipinski definition) is 7. The molecule has 0 unspecified atom stereocenters. The van der Waals surface area contributed by atoms with Crippen molar-refractivity contribution in [2.75, 3.05) is 19.0 Å². The molecule has 148 valence electrons. The molecule has 0 saturated heterocycles. The van der Waals surface area contributed by atoms with Crippen LogP contribution in [0, 0.1) is 0 Å². The summed E-state index contributed by atoms with van der Waals surface area (Å²) >= 11 is 1.42. The molecule has 1 N–H and O–H groups in total. The highest BCUT2D eigenvalue weighted by molar-refractivity contribution is 7.14. The Balaban J connectivity index is 1.57. The molecule has 4 rings (SSSR count). The first-order valence-electron chi connectivity index (χ1n) is 9.24. The molecule has 0 bridgehead atoms. The Labute approximate surface area is 171 Å².